The molecule has 1 N–H and O–H groups in total. The highest BCUT2D eigenvalue weighted by Gasteiger charge is 2.42. The molecular formula is C12H15N5O2S. The largest absolute Gasteiger partial charge is 0.481 e. The quantitative estimate of drug-likeness (QED) is 0.923. The Morgan fingerprint density at radius 1 is 1.50 bits per heavy atom. The molecule has 0 amide bonds. The Labute approximate surface area is 119 Å². The fourth-order valence-electron chi connectivity index (χ4n) is 2.77. The van der Waals surface area contributed by atoms with Crippen molar-refractivity contribution in [1.82, 2.24) is 25.2 Å². The first-order valence-electron chi connectivity index (χ1n) is 6.52. The van der Waals surface area contributed by atoms with Gasteiger partial charge in [-0.25, -0.2) is 9.67 Å². The molecule has 0 unspecified atom stereocenters. The van der Waals surface area contributed by atoms with E-state index in [4.69, 9.17) is 0 Å². The molecule has 0 radical (unpaired) electrons. The van der Waals surface area contributed by atoms with Crippen molar-refractivity contribution in [3.8, 4) is 10.7 Å². The number of carbonyl (C=O) groups is 1. The van der Waals surface area contributed by atoms with Gasteiger partial charge in [0.25, 0.3) is 0 Å². The molecule has 2 heterocycles. The van der Waals surface area contributed by atoms with E-state index >= 15 is 0 Å². The normalized spacial score (nSPS) is 17.4. The van der Waals surface area contributed by atoms with Crippen LogP contribution in [0.5, 0.6) is 0 Å². The lowest BCUT2D eigenvalue weighted by molar-refractivity contribution is -0.149. The van der Waals surface area contributed by atoms with Crippen LogP contribution in [0.1, 0.15) is 31.4 Å². The van der Waals surface area contributed by atoms with Gasteiger partial charge in [0, 0.05) is 0 Å². The van der Waals surface area contributed by atoms with E-state index in [9.17, 15) is 9.90 Å². The highest BCUT2D eigenvalue weighted by atomic mass is 32.1. The standard InChI is InChI=1S/C12H15N5O2S/c1-8-9(20-7-13-8)10-14-15-16-17(10)6-12(11(18)19)4-2-3-5-12/h7H,2-6H2,1H3,(H,18,19). The van der Waals surface area contributed by atoms with Crippen molar-refractivity contribution < 1.29 is 9.90 Å². The minimum atomic E-state index is -0.752. The zero-order valence-electron chi connectivity index (χ0n) is 11.1. The first kappa shape index (κ1) is 13.2. The Morgan fingerprint density at radius 3 is 2.85 bits per heavy atom. The molecule has 1 aliphatic rings. The Hall–Kier alpha value is -1.83. The summed E-state index contributed by atoms with van der Waals surface area (Å²) in [5, 5.41) is 21.3. The lowest BCUT2D eigenvalue weighted by atomic mass is 9.86. The molecule has 0 spiro atoms. The lowest BCUT2D eigenvalue weighted by Gasteiger charge is -2.23. The number of hydrogen-bond acceptors (Lipinski definition) is 6. The van der Waals surface area contributed by atoms with Crippen LogP contribution in [-0.2, 0) is 11.3 Å². The predicted octanol–water partition coefficient (Wildman–Crippen LogP) is 1.75. The number of hydrogen-bond donors (Lipinski definition) is 1. The molecule has 7 nitrogen and oxygen atoms in total. The summed E-state index contributed by atoms with van der Waals surface area (Å²) in [5.74, 6) is -0.144. The van der Waals surface area contributed by atoms with Gasteiger partial charge in [0.15, 0.2) is 5.82 Å². The lowest BCUT2D eigenvalue weighted by Crippen LogP contribution is -2.33. The van der Waals surface area contributed by atoms with Gasteiger partial charge in [0.05, 0.1) is 28.0 Å². The van der Waals surface area contributed by atoms with E-state index in [0.29, 0.717) is 25.2 Å². The molecule has 1 fully saturated rings. The molecule has 1 aliphatic carbocycles. The molecule has 1 saturated carbocycles. The second-order valence-corrected chi connectivity index (χ2v) is 6.07. The van der Waals surface area contributed by atoms with Gasteiger partial charge in [0.1, 0.15) is 0 Å². The van der Waals surface area contributed by atoms with Crippen LogP contribution < -0.4 is 0 Å². The number of aliphatic carboxylic acids is 1. The van der Waals surface area contributed by atoms with E-state index < -0.39 is 11.4 Å². The molecule has 20 heavy (non-hydrogen) atoms. The van der Waals surface area contributed by atoms with Crippen molar-refractivity contribution in [3.05, 3.63) is 11.2 Å². The van der Waals surface area contributed by atoms with Crippen molar-refractivity contribution in [1.29, 1.82) is 0 Å². The maximum atomic E-state index is 11.6. The fourth-order valence-corrected chi connectivity index (χ4v) is 3.56. The summed E-state index contributed by atoms with van der Waals surface area (Å²) in [6.07, 6.45) is 3.26. The predicted molar refractivity (Wildman–Crippen MR) is 72.2 cm³/mol. The topological polar surface area (TPSA) is 93.8 Å². The molecule has 2 aromatic rings. The number of carboxylic acid groups (broad SMARTS) is 1. The molecule has 0 aliphatic heterocycles. The van der Waals surface area contributed by atoms with Crippen molar-refractivity contribution in [2.24, 2.45) is 5.41 Å². The first-order valence-corrected chi connectivity index (χ1v) is 7.40. The molecule has 0 saturated heterocycles. The highest BCUT2D eigenvalue weighted by Crippen LogP contribution is 2.40. The Morgan fingerprint density at radius 2 is 2.25 bits per heavy atom. The summed E-state index contributed by atoms with van der Waals surface area (Å²) in [6.45, 7) is 2.22. The Kier molecular flexibility index (Phi) is 3.25. The van der Waals surface area contributed by atoms with E-state index in [0.717, 1.165) is 23.4 Å². The van der Waals surface area contributed by atoms with Crippen LogP contribution in [0.4, 0.5) is 0 Å². The number of thiazole rings is 1. The molecule has 2 aromatic heterocycles. The van der Waals surface area contributed by atoms with Gasteiger partial charge >= 0.3 is 5.97 Å². The van der Waals surface area contributed by atoms with Crippen LogP contribution in [0.3, 0.4) is 0 Å². The summed E-state index contributed by atoms with van der Waals surface area (Å²) in [6, 6.07) is 0. The highest BCUT2D eigenvalue weighted by molar-refractivity contribution is 7.13. The molecule has 0 atom stereocenters. The van der Waals surface area contributed by atoms with Gasteiger partial charge in [-0.15, -0.1) is 16.4 Å². The second kappa shape index (κ2) is 4.93. The zero-order chi connectivity index (χ0) is 14.2. The summed E-state index contributed by atoms with van der Waals surface area (Å²) >= 11 is 1.46. The van der Waals surface area contributed by atoms with Crippen molar-refractivity contribution in [2.45, 2.75) is 39.2 Å². The third kappa shape index (κ3) is 2.09. The van der Waals surface area contributed by atoms with Crippen LogP contribution >= 0.6 is 11.3 Å². The molecule has 3 rings (SSSR count). The monoisotopic (exact) mass is 293 g/mol. The number of aromatic nitrogens is 5. The number of rotatable bonds is 4. The molecule has 0 bridgehead atoms. The maximum Gasteiger partial charge on any atom is 0.311 e. The van der Waals surface area contributed by atoms with Gasteiger partial charge in [-0.1, -0.05) is 12.8 Å². The van der Waals surface area contributed by atoms with E-state index in [2.05, 4.69) is 20.5 Å². The minimum absolute atomic E-state index is 0.321. The number of nitrogens with zero attached hydrogens (tertiary/aromatic N) is 5. The Bertz CT molecular complexity index is 629. The van der Waals surface area contributed by atoms with Gasteiger partial charge < -0.3 is 5.11 Å². The molecular weight excluding hydrogens is 278 g/mol. The first-order chi connectivity index (χ1) is 9.62. The smallest absolute Gasteiger partial charge is 0.311 e. The van der Waals surface area contributed by atoms with E-state index in [1.807, 2.05) is 6.92 Å². The van der Waals surface area contributed by atoms with Crippen molar-refractivity contribution in [2.75, 3.05) is 0 Å². The molecule has 106 valence electrons. The summed E-state index contributed by atoms with van der Waals surface area (Å²) < 4.78 is 1.61. The number of aryl methyl sites for hydroxylation is 1. The van der Waals surface area contributed by atoms with Gasteiger partial charge in [0.2, 0.25) is 0 Å². The third-order valence-corrected chi connectivity index (χ3v) is 4.87. The molecule has 8 heteroatoms. The number of carboxylic acids is 1. The third-order valence-electron chi connectivity index (χ3n) is 3.95. The maximum absolute atomic E-state index is 11.6. The Balaban J connectivity index is 1.94. The van der Waals surface area contributed by atoms with E-state index in [1.165, 1.54) is 11.3 Å². The van der Waals surface area contributed by atoms with Gasteiger partial charge in [-0.2, -0.15) is 0 Å². The average molecular weight is 293 g/mol. The molecule has 0 aromatic carbocycles. The van der Waals surface area contributed by atoms with Crippen LogP contribution in [0, 0.1) is 12.3 Å². The summed E-state index contributed by atoms with van der Waals surface area (Å²) in [7, 11) is 0. The fraction of sp³-hybridized carbons (Fsp3) is 0.583. The van der Waals surface area contributed by atoms with Crippen LogP contribution in [0.15, 0.2) is 5.51 Å². The van der Waals surface area contributed by atoms with Crippen molar-refractivity contribution >= 4 is 17.3 Å². The zero-order valence-corrected chi connectivity index (χ0v) is 11.9. The van der Waals surface area contributed by atoms with Gasteiger partial charge in [-0.05, 0) is 30.2 Å². The summed E-state index contributed by atoms with van der Waals surface area (Å²) in [4.78, 5) is 16.7. The summed E-state index contributed by atoms with van der Waals surface area (Å²) in [5.41, 5.74) is 1.87. The van der Waals surface area contributed by atoms with Crippen LogP contribution in [-0.4, -0.2) is 36.3 Å². The van der Waals surface area contributed by atoms with E-state index in [-0.39, 0.29) is 0 Å². The SMILES string of the molecule is Cc1ncsc1-c1nnnn1CC1(C(=O)O)CCCC1. The van der Waals surface area contributed by atoms with Crippen LogP contribution in [0.25, 0.3) is 10.7 Å². The van der Waals surface area contributed by atoms with Crippen molar-refractivity contribution in [3.63, 3.8) is 0 Å². The minimum Gasteiger partial charge on any atom is -0.481 e. The van der Waals surface area contributed by atoms with Crippen LogP contribution in [0.2, 0.25) is 0 Å². The van der Waals surface area contributed by atoms with E-state index in [1.54, 1.807) is 10.2 Å². The second-order valence-electron chi connectivity index (χ2n) is 5.22. The number of tetrazole rings is 1. The van der Waals surface area contributed by atoms with Gasteiger partial charge in [-0.3, -0.25) is 4.79 Å². The average Bonchev–Trinajstić information content (AvgIpc) is 3.11.